The van der Waals surface area contributed by atoms with Crippen LogP contribution in [0.5, 0.6) is 0 Å². The zero-order chi connectivity index (χ0) is 12.0. The Labute approximate surface area is 98.8 Å². The summed E-state index contributed by atoms with van der Waals surface area (Å²) < 4.78 is 0. The van der Waals surface area contributed by atoms with Gasteiger partial charge in [0.05, 0.1) is 0 Å². The molecular formula is C14H22N2. The van der Waals surface area contributed by atoms with Crippen molar-refractivity contribution in [1.29, 1.82) is 0 Å². The highest BCUT2D eigenvalue weighted by Gasteiger charge is 2.06. The Hall–Kier alpha value is -1.12. The second-order valence-electron chi connectivity index (χ2n) is 4.23. The summed E-state index contributed by atoms with van der Waals surface area (Å²) in [5.41, 5.74) is 9.50. The van der Waals surface area contributed by atoms with Gasteiger partial charge in [-0.15, -0.1) is 0 Å². The minimum Gasteiger partial charge on any atom is -0.326 e. The molecule has 0 heterocycles. The molecule has 0 aliphatic heterocycles. The summed E-state index contributed by atoms with van der Waals surface area (Å²) >= 11 is 0. The molecule has 0 radical (unpaired) electrons. The van der Waals surface area contributed by atoms with Gasteiger partial charge in [-0.2, -0.15) is 0 Å². The van der Waals surface area contributed by atoms with Crippen molar-refractivity contribution in [3.63, 3.8) is 0 Å². The maximum atomic E-state index is 5.73. The van der Waals surface area contributed by atoms with Crippen LogP contribution in [-0.2, 0) is 13.1 Å². The Morgan fingerprint density at radius 1 is 1.31 bits per heavy atom. The number of rotatable bonds is 6. The van der Waals surface area contributed by atoms with Gasteiger partial charge in [-0.05, 0) is 24.6 Å². The summed E-state index contributed by atoms with van der Waals surface area (Å²) in [5.74, 6) is 0. The molecular weight excluding hydrogens is 196 g/mol. The lowest BCUT2D eigenvalue weighted by Crippen LogP contribution is -2.25. The largest absolute Gasteiger partial charge is 0.326 e. The lowest BCUT2D eigenvalue weighted by molar-refractivity contribution is 0.303. The molecule has 2 N–H and O–H groups in total. The first-order valence-electron chi connectivity index (χ1n) is 5.81. The van der Waals surface area contributed by atoms with Crippen molar-refractivity contribution in [3.8, 4) is 0 Å². The lowest BCUT2D eigenvalue weighted by atomic mass is 10.1. The fraction of sp³-hybridized carbons (Fsp3) is 0.429. The van der Waals surface area contributed by atoms with E-state index >= 15 is 0 Å². The maximum Gasteiger partial charge on any atom is 0.0240 e. The third-order valence-electron chi connectivity index (χ3n) is 2.67. The fourth-order valence-electron chi connectivity index (χ4n) is 1.81. The van der Waals surface area contributed by atoms with Crippen LogP contribution in [-0.4, -0.2) is 18.0 Å². The minimum atomic E-state index is 0.612. The van der Waals surface area contributed by atoms with Gasteiger partial charge in [0, 0.05) is 19.6 Å². The van der Waals surface area contributed by atoms with Crippen LogP contribution in [0.3, 0.4) is 0 Å². The molecule has 0 aliphatic carbocycles. The Bertz CT molecular complexity index is 344. The molecule has 88 valence electrons. The smallest absolute Gasteiger partial charge is 0.0240 e. The van der Waals surface area contributed by atoms with E-state index in [9.17, 15) is 0 Å². The molecule has 0 atom stereocenters. The topological polar surface area (TPSA) is 29.3 Å². The molecule has 0 unspecified atom stereocenters. The average Bonchev–Trinajstić information content (AvgIpc) is 2.28. The van der Waals surface area contributed by atoms with E-state index in [0.29, 0.717) is 6.54 Å². The van der Waals surface area contributed by atoms with Crippen LogP contribution in [0.15, 0.2) is 36.4 Å². The van der Waals surface area contributed by atoms with Crippen molar-refractivity contribution in [1.82, 2.24) is 4.90 Å². The van der Waals surface area contributed by atoms with Gasteiger partial charge < -0.3 is 5.73 Å². The van der Waals surface area contributed by atoms with Gasteiger partial charge in [-0.1, -0.05) is 43.3 Å². The Balaban J connectivity index is 2.73. The van der Waals surface area contributed by atoms with Gasteiger partial charge >= 0.3 is 0 Å². The second-order valence-corrected chi connectivity index (χ2v) is 4.23. The molecule has 0 saturated heterocycles. The van der Waals surface area contributed by atoms with E-state index in [0.717, 1.165) is 19.6 Å². The molecule has 1 aromatic rings. The Morgan fingerprint density at radius 3 is 2.44 bits per heavy atom. The zero-order valence-electron chi connectivity index (χ0n) is 10.4. The van der Waals surface area contributed by atoms with Crippen molar-refractivity contribution in [2.75, 3.05) is 13.1 Å². The number of nitrogens with zero attached hydrogens (tertiary/aromatic N) is 1. The molecule has 0 aromatic heterocycles. The first kappa shape index (κ1) is 12.9. The van der Waals surface area contributed by atoms with Gasteiger partial charge in [0.15, 0.2) is 0 Å². The monoisotopic (exact) mass is 218 g/mol. The van der Waals surface area contributed by atoms with Crippen molar-refractivity contribution in [3.05, 3.63) is 47.5 Å². The van der Waals surface area contributed by atoms with Crippen LogP contribution in [0.4, 0.5) is 0 Å². The molecule has 1 aromatic carbocycles. The SMILES string of the molecule is C=C(C)CN(CC)Cc1ccccc1CN. The molecule has 0 saturated carbocycles. The van der Waals surface area contributed by atoms with Crippen molar-refractivity contribution >= 4 is 0 Å². The van der Waals surface area contributed by atoms with E-state index in [4.69, 9.17) is 5.73 Å². The molecule has 0 spiro atoms. The summed E-state index contributed by atoms with van der Waals surface area (Å²) in [6.45, 7) is 11.8. The standard InChI is InChI=1S/C14H22N2/c1-4-16(10-12(2)3)11-14-8-6-5-7-13(14)9-15/h5-8H,2,4,9-11,15H2,1,3H3. The first-order valence-corrected chi connectivity index (χ1v) is 5.81. The predicted octanol–water partition coefficient (Wildman–Crippen LogP) is 2.54. The van der Waals surface area contributed by atoms with Gasteiger partial charge in [0.1, 0.15) is 0 Å². The fourth-order valence-corrected chi connectivity index (χ4v) is 1.81. The number of benzene rings is 1. The minimum absolute atomic E-state index is 0.612. The van der Waals surface area contributed by atoms with Crippen LogP contribution in [0.1, 0.15) is 25.0 Å². The number of hydrogen-bond acceptors (Lipinski definition) is 2. The summed E-state index contributed by atoms with van der Waals surface area (Å²) in [4.78, 5) is 2.37. The van der Waals surface area contributed by atoms with Gasteiger partial charge in [0.2, 0.25) is 0 Å². The summed E-state index contributed by atoms with van der Waals surface area (Å²) in [5, 5.41) is 0. The van der Waals surface area contributed by atoms with Crippen molar-refractivity contribution < 1.29 is 0 Å². The molecule has 1 rings (SSSR count). The third kappa shape index (κ3) is 3.80. The van der Waals surface area contributed by atoms with Crippen LogP contribution in [0.25, 0.3) is 0 Å². The van der Waals surface area contributed by atoms with E-state index < -0.39 is 0 Å². The molecule has 0 fully saturated rings. The quantitative estimate of drug-likeness (QED) is 0.743. The third-order valence-corrected chi connectivity index (χ3v) is 2.67. The summed E-state index contributed by atoms with van der Waals surface area (Å²) in [6.07, 6.45) is 0. The van der Waals surface area contributed by atoms with Crippen LogP contribution < -0.4 is 5.73 Å². The van der Waals surface area contributed by atoms with Crippen molar-refractivity contribution in [2.45, 2.75) is 26.9 Å². The normalized spacial score (nSPS) is 10.8. The lowest BCUT2D eigenvalue weighted by Gasteiger charge is -2.21. The number of likely N-dealkylation sites (N-methyl/N-ethyl adjacent to an activating group) is 1. The van der Waals surface area contributed by atoms with Crippen molar-refractivity contribution in [2.24, 2.45) is 5.73 Å². The summed E-state index contributed by atoms with van der Waals surface area (Å²) in [6, 6.07) is 8.37. The van der Waals surface area contributed by atoms with Crippen LogP contribution >= 0.6 is 0 Å². The molecule has 2 nitrogen and oxygen atoms in total. The average molecular weight is 218 g/mol. The highest BCUT2D eigenvalue weighted by atomic mass is 15.1. The zero-order valence-corrected chi connectivity index (χ0v) is 10.4. The molecule has 0 amide bonds. The van der Waals surface area contributed by atoms with Gasteiger partial charge in [-0.3, -0.25) is 4.90 Å². The van der Waals surface area contributed by atoms with Crippen LogP contribution in [0.2, 0.25) is 0 Å². The molecule has 0 aliphatic rings. The number of nitrogens with two attached hydrogens (primary N) is 1. The van der Waals surface area contributed by atoms with Gasteiger partial charge in [-0.25, -0.2) is 0 Å². The maximum absolute atomic E-state index is 5.73. The van der Waals surface area contributed by atoms with Gasteiger partial charge in [0.25, 0.3) is 0 Å². The first-order chi connectivity index (χ1) is 7.67. The highest BCUT2D eigenvalue weighted by molar-refractivity contribution is 5.26. The van der Waals surface area contributed by atoms with E-state index in [-0.39, 0.29) is 0 Å². The van der Waals surface area contributed by atoms with E-state index in [1.807, 2.05) is 6.07 Å². The molecule has 16 heavy (non-hydrogen) atoms. The summed E-state index contributed by atoms with van der Waals surface area (Å²) in [7, 11) is 0. The Morgan fingerprint density at radius 2 is 1.94 bits per heavy atom. The van der Waals surface area contributed by atoms with E-state index in [1.165, 1.54) is 16.7 Å². The Kier molecular flexibility index (Phi) is 5.23. The van der Waals surface area contributed by atoms with E-state index in [2.05, 4.69) is 43.5 Å². The molecule has 0 bridgehead atoms. The molecule has 2 heteroatoms. The number of hydrogen-bond donors (Lipinski definition) is 1. The van der Waals surface area contributed by atoms with Crippen LogP contribution in [0, 0.1) is 0 Å². The highest BCUT2D eigenvalue weighted by Crippen LogP contribution is 2.11. The second kappa shape index (κ2) is 6.46. The van der Waals surface area contributed by atoms with E-state index in [1.54, 1.807) is 0 Å². The predicted molar refractivity (Wildman–Crippen MR) is 70.1 cm³/mol.